The maximum Gasteiger partial charge on any atom is 0.333 e. The zero-order valence-corrected chi connectivity index (χ0v) is 26.0. The summed E-state index contributed by atoms with van der Waals surface area (Å²) in [5.74, 6) is 4.40. The molecule has 1 aromatic carbocycles. The lowest BCUT2D eigenvalue weighted by atomic mass is 9.90. The third-order valence-electron chi connectivity index (χ3n) is 7.59. The van der Waals surface area contributed by atoms with Crippen LogP contribution >= 0.6 is 0 Å². The van der Waals surface area contributed by atoms with Gasteiger partial charge in [-0.15, -0.1) is 5.06 Å². The van der Waals surface area contributed by atoms with Crippen LogP contribution in [0.25, 0.3) is 0 Å². The number of hydroxylamine groups is 2. The average Bonchev–Trinajstić information content (AvgIpc) is 3.27. The molecule has 0 atom stereocenters. The molecule has 1 aliphatic carbocycles. The minimum absolute atomic E-state index is 0.0420. The maximum absolute atomic E-state index is 13.4. The molecule has 1 N–H and O–H groups in total. The Balaban J connectivity index is 1.22. The molecule has 0 aromatic heterocycles. The molecule has 10 nitrogen and oxygen atoms in total. The molecule has 4 amide bonds. The Kier molecular flexibility index (Phi) is 10.4. The standard InChI is InChI=1S/C34H41N3O7/c1-33(2,19-32(42)44-37-30(40)17-18-31(37)41)22-43-23-34(3,4)21-35-28(38)15-16-29(39)36-20-26-11-6-5-9-24(26)13-14-25-10-7-8-12-27(25)36/h5,7-10,12H,6,11,15-23H2,1-4H3,(H,35,38). The van der Waals surface area contributed by atoms with E-state index in [0.29, 0.717) is 24.8 Å². The van der Waals surface area contributed by atoms with E-state index in [2.05, 4.69) is 23.2 Å². The first-order valence-electron chi connectivity index (χ1n) is 15.0. The van der Waals surface area contributed by atoms with E-state index in [0.717, 1.165) is 35.2 Å². The summed E-state index contributed by atoms with van der Waals surface area (Å²) in [5, 5.41) is 3.47. The van der Waals surface area contributed by atoms with E-state index in [9.17, 15) is 24.0 Å². The third kappa shape index (κ3) is 8.89. The van der Waals surface area contributed by atoms with Gasteiger partial charge in [-0.3, -0.25) is 19.2 Å². The van der Waals surface area contributed by atoms with Crippen molar-refractivity contribution in [2.45, 2.75) is 72.6 Å². The van der Waals surface area contributed by atoms with Gasteiger partial charge in [0.2, 0.25) is 11.8 Å². The Morgan fingerprint density at radius 1 is 0.932 bits per heavy atom. The van der Waals surface area contributed by atoms with Crippen LogP contribution in [0.5, 0.6) is 0 Å². The van der Waals surface area contributed by atoms with Gasteiger partial charge in [0.25, 0.3) is 11.8 Å². The van der Waals surface area contributed by atoms with Crippen LogP contribution < -0.4 is 10.2 Å². The van der Waals surface area contributed by atoms with Gasteiger partial charge in [0.05, 0.1) is 25.3 Å². The summed E-state index contributed by atoms with van der Waals surface area (Å²) in [5.41, 5.74) is 2.62. The predicted octanol–water partition coefficient (Wildman–Crippen LogP) is 3.99. The molecule has 0 bridgehead atoms. The van der Waals surface area contributed by atoms with Crippen molar-refractivity contribution in [3.8, 4) is 11.8 Å². The number of para-hydroxylation sites is 1. The minimum atomic E-state index is -0.678. The number of hydrogen-bond donors (Lipinski definition) is 1. The van der Waals surface area contributed by atoms with Crippen LogP contribution in [0, 0.1) is 22.7 Å². The van der Waals surface area contributed by atoms with Crippen molar-refractivity contribution in [2.75, 3.05) is 31.2 Å². The number of carbonyl (C=O) groups is 5. The topological polar surface area (TPSA) is 122 Å². The van der Waals surface area contributed by atoms with Crippen molar-refractivity contribution in [3.63, 3.8) is 0 Å². The number of allylic oxidation sites excluding steroid dienone is 3. The molecule has 0 radical (unpaired) electrons. The van der Waals surface area contributed by atoms with E-state index in [4.69, 9.17) is 9.57 Å². The van der Waals surface area contributed by atoms with Gasteiger partial charge in [-0.1, -0.05) is 63.8 Å². The molecule has 4 rings (SSSR count). The SMILES string of the molecule is CC(C)(CNC(=O)CCC(=O)N1CC2=C(C#Cc3ccccc31)C=CCC2)COCC(C)(C)CC(=O)ON1C(=O)CCC1=O. The summed E-state index contributed by atoms with van der Waals surface area (Å²) in [6, 6.07) is 7.60. The highest BCUT2D eigenvalue weighted by molar-refractivity contribution is 6.01. The molecule has 3 aliphatic rings. The van der Waals surface area contributed by atoms with Gasteiger partial charge in [-0.05, 0) is 36.0 Å². The third-order valence-corrected chi connectivity index (χ3v) is 7.59. The van der Waals surface area contributed by atoms with Crippen molar-refractivity contribution in [3.05, 3.63) is 53.1 Å². The Hall–Kier alpha value is -4.23. The highest BCUT2D eigenvalue weighted by Gasteiger charge is 2.35. The number of imide groups is 1. The highest BCUT2D eigenvalue weighted by Crippen LogP contribution is 2.29. The van der Waals surface area contributed by atoms with Crippen molar-refractivity contribution in [1.29, 1.82) is 0 Å². The Morgan fingerprint density at radius 2 is 1.64 bits per heavy atom. The smallest absolute Gasteiger partial charge is 0.333 e. The van der Waals surface area contributed by atoms with Crippen LogP contribution in [-0.4, -0.2) is 61.0 Å². The molecule has 0 spiro atoms. The van der Waals surface area contributed by atoms with Crippen LogP contribution in [0.15, 0.2) is 47.6 Å². The summed E-state index contributed by atoms with van der Waals surface area (Å²) < 4.78 is 5.90. The van der Waals surface area contributed by atoms with Gasteiger partial charge < -0.3 is 19.8 Å². The van der Waals surface area contributed by atoms with Gasteiger partial charge >= 0.3 is 5.97 Å². The lowest BCUT2D eigenvalue weighted by molar-refractivity contribution is -0.199. The van der Waals surface area contributed by atoms with E-state index in [1.165, 1.54) is 0 Å². The average molecular weight is 604 g/mol. The lowest BCUT2D eigenvalue weighted by Crippen LogP contribution is -2.39. The molecule has 1 saturated heterocycles. The molecule has 0 saturated carbocycles. The Labute approximate surface area is 258 Å². The quantitative estimate of drug-likeness (QED) is 0.283. The van der Waals surface area contributed by atoms with Gasteiger partial charge in [-0.2, -0.15) is 0 Å². The first kappa shape index (κ1) is 32.7. The minimum Gasteiger partial charge on any atom is -0.380 e. The van der Waals surface area contributed by atoms with Crippen molar-refractivity contribution < 1.29 is 33.5 Å². The maximum atomic E-state index is 13.4. The van der Waals surface area contributed by atoms with Crippen molar-refractivity contribution >= 4 is 35.3 Å². The Morgan fingerprint density at radius 3 is 2.39 bits per heavy atom. The number of carbonyl (C=O) groups excluding carboxylic acids is 5. The normalized spacial score (nSPS) is 16.5. The number of hydrogen-bond acceptors (Lipinski definition) is 7. The number of ether oxygens (including phenoxy) is 1. The highest BCUT2D eigenvalue weighted by atomic mass is 16.7. The number of fused-ring (bicyclic) bond motifs is 1. The monoisotopic (exact) mass is 603 g/mol. The molecule has 234 valence electrons. The number of rotatable bonds is 12. The fourth-order valence-corrected chi connectivity index (χ4v) is 5.12. The van der Waals surface area contributed by atoms with Crippen LogP contribution in [0.4, 0.5) is 5.69 Å². The molecular weight excluding hydrogens is 562 g/mol. The summed E-state index contributed by atoms with van der Waals surface area (Å²) in [6.45, 7) is 8.89. The summed E-state index contributed by atoms with van der Waals surface area (Å²) >= 11 is 0. The van der Waals surface area contributed by atoms with Gasteiger partial charge in [0.15, 0.2) is 0 Å². The molecule has 2 aliphatic heterocycles. The van der Waals surface area contributed by atoms with E-state index >= 15 is 0 Å². The van der Waals surface area contributed by atoms with E-state index in [1.807, 2.05) is 58.0 Å². The summed E-state index contributed by atoms with van der Waals surface area (Å²) in [7, 11) is 0. The van der Waals surface area contributed by atoms with Crippen LogP contribution in [-0.2, 0) is 33.5 Å². The van der Waals surface area contributed by atoms with Crippen LogP contribution in [0.2, 0.25) is 0 Å². The van der Waals surface area contributed by atoms with Crippen molar-refractivity contribution in [1.82, 2.24) is 10.4 Å². The molecule has 0 unspecified atom stereocenters. The second-order valence-corrected chi connectivity index (χ2v) is 13.0. The predicted molar refractivity (Wildman–Crippen MR) is 163 cm³/mol. The number of benzene rings is 1. The molecule has 2 heterocycles. The fraction of sp³-hybridized carbons (Fsp3) is 0.500. The molecule has 44 heavy (non-hydrogen) atoms. The van der Waals surface area contributed by atoms with Crippen molar-refractivity contribution in [2.24, 2.45) is 10.8 Å². The summed E-state index contributed by atoms with van der Waals surface area (Å²) in [4.78, 5) is 68.6. The second-order valence-electron chi connectivity index (χ2n) is 13.0. The lowest BCUT2D eigenvalue weighted by Gasteiger charge is -2.29. The van der Waals surface area contributed by atoms with E-state index < -0.39 is 28.6 Å². The second kappa shape index (κ2) is 14.0. The largest absolute Gasteiger partial charge is 0.380 e. The molecule has 10 heteroatoms. The van der Waals surface area contributed by atoms with Crippen LogP contribution in [0.3, 0.4) is 0 Å². The van der Waals surface area contributed by atoms with E-state index in [-0.39, 0.29) is 50.5 Å². The zero-order valence-electron chi connectivity index (χ0n) is 26.0. The van der Waals surface area contributed by atoms with Gasteiger partial charge in [-0.25, -0.2) is 4.79 Å². The Bertz CT molecular complexity index is 1430. The zero-order chi connectivity index (χ0) is 31.9. The molecule has 1 fully saturated rings. The number of nitrogens with zero attached hydrogens (tertiary/aromatic N) is 2. The van der Waals surface area contributed by atoms with Crippen LogP contribution in [0.1, 0.15) is 78.2 Å². The van der Waals surface area contributed by atoms with E-state index in [1.54, 1.807) is 4.90 Å². The first-order chi connectivity index (χ1) is 20.8. The number of anilines is 1. The summed E-state index contributed by atoms with van der Waals surface area (Å²) in [6.07, 6.45) is 6.07. The van der Waals surface area contributed by atoms with Gasteiger partial charge in [0.1, 0.15) is 0 Å². The number of nitrogens with one attached hydrogen (secondary N) is 1. The first-order valence-corrected chi connectivity index (χ1v) is 15.0. The molecule has 1 aromatic rings. The molecular formula is C34H41N3O7. The van der Waals surface area contributed by atoms with Gasteiger partial charge in [0, 0.05) is 55.3 Å². The number of amides is 4. The fourth-order valence-electron chi connectivity index (χ4n) is 5.12.